The normalized spacial score (nSPS) is 10.4. The number of aromatic carboxylic acids is 2. The maximum Gasteiger partial charge on any atom is 0.336 e. The second kappa shape index (κ2) is 11.1. The first-order valence-corrected chi connectivity index (χ1v) is 11.3. The van der Waals surface area contributed by atoms with Crippen molar-refractivity contribution >= 4 is 70.1 Å². The van der Waals surface area contributed by atoms with Gasteiger partial charge < -0.3 is 20.8 Å². The van der Waals surface area contributed by atoms with Crippen molar-refractivity contribution in [2.45, 2.75) is 4.90 Å². The Labute approximate surface area is 207 Å². The van der Waals surface area contributed by atoms with Crippen LogP contribution in [-0.2, 0) is 4.79 Å². The van der Waals surface area contributed by atoms with Crippen LogP contribution in [-0.4, -0.2) is 39.7 Å². The molecule has 3 aromatic rings. The highest BCUT2D eigenvalue weighted by atomic mass is 35.5. The lowest BCUT2D eigenvalue weighted by atomic mass is 10.0. The molecule has 34 heavy (non-hydrogen) atoms. The number of carbonyl (C=O) groups is 4. The van der Waals surface area contributed by atoms with Crippen LogP contribution in [0.3, 0.4) is 0 Å². The van der Waals surface area contributed by atoms with Crippen molar-refractivity contribution in [1.82, 2.24) is 0 Å². The molecular formula is C23H16Cl2N2O6S. The summed E-state index contributed by atoms with van der Waals surface area (Å²) in [6.07, 6.45) is 0. The molecule has 0 atom stereocenters. The van der Waals surface area contributed by atoms with Gasteiger partial charge in [0.05, 0.1) is 33.2 Å². The zero-order valence-electron chi connectivity index (χ0n) is 17.2. The number of carbonyl (C=O) groups excluding carboxylic acids is 2. The van der Waals surface area contributed by atoms with E-state index >= 15 is 0 Å². The molecule has 0 fully saturated rings. The van der Waals surface area contributed by atoms with Gasteiger partial charge in [0.2, 0.25) is 5.91 Å². The molecule has 0 aliphatic heterocycles. The van der Waals surface area contributed by atoms with Crippen LogP contribution in [0.5, 0.6) is 0 Å². The van der Waals surface area contributed by atoms with Crippen LogP contribution in [0.15, 0.2) is 65.6 Å². The number of carboxylic acid groups (broad SMARTS) is 2. The first-order valence-electron chi connectivity index (χ1n) is 9.54. The van der Waals surface area contributed by atoms with Crippen LogP contribution in [0.1, 0.15) is 31.1 Å². The van der Waals surface area contributed by atoms with E-state index in [1.54, 1.807) is 36.4 Å². The van der Waals surface area contributed by atoms with E-state index in [4.69, 9.17) is 28.3 Å². The topological polar surface area (TPSA) is 133 Å². The fourth-order valence-corrected chi connectivity index (χ4v) is 4.05. The average molecular weight is 519 g/mol. The minimum absolute atomic E-state index is 0.0656. The van der Waals surface area contributed by atoms with Gasteiger partial charge in [-0.15, -0.1) is 11.8 Å². The van der Waals surface area contributed by atoms with Gasteiger partial charge in [0.25, 0.3) is 5.91 Å². The molecule has 0 radical (unpaired) electrons. The predicted molar refractivity (Wildman–Crippen MR) is 131 cm³/mol. The van der Waals surface area contributed by atoms with E-state index < -0.39 is 23.4 Å². The molecule has 0 aliphatic rings. The van der Waals surface area contributed by atoms with E-state index in [1.807, 2.05) is 0 Å². The van der Waals surface area contributed by atoms with Gasteiger partial charge in [-0.05, 0) is 54.6 Å². The van der Waals surface area contributed by atoms with Crippen LogP contribution in [0.4, 0.5) is 11.4 Å². The molecule has 0 aromatic heterocycles. The van der Waals surface area contributed by atoms with Crippen LogP contribution >= 0.6 is 35.0 Å². The lowest BCUT2D eigenvalue weighted by Crippen LogP contribution is -2.17. The highest BCUT2D eigenvalue weighted by Crippen LogP contribution is 2.27. The van der Waals surface area contributed by atoms with E-state index in [0.29, 0.717) is 26.3 Å². The standard InChI is InChI=1S/C23H16Cl2N2O6S/c24-13-5-7-19(18(25)9-13)27-20(28)11-34-15-3-1-2-14(10-15)26-21(29)16-6-4-12(22(30)31)8-17(16)23(32)33/h1-10H,11H2,(H,26,29)(H,27,28)(H,30,31)(H,32,33). The van der Waals surface area contributed by atoms with Gasteiger partial charge in [-0.1, -0.05) is 29.3 Å². The third-order valence-corrected chi connectivity index (χ3v) is 5.95. The lowest BCUT2D eigenvalue weighted by molar-refractivity contribution is -0.113. The average Bonchev–Trinajstić information content (AvgIpc) is 2.79. The molecule has 0 bridgehead atoms. The maximum atomic E-state index is 12.6. The van der Waals surface area contributed by atoms with Gasteiger partial charge in [0.15, 0.2) is 0 Å². The molecule has 174 valence electrons. The van der Waals surface area contributed by atoms with E-state index in [0.717, 1.165) is 18.2 Å². The smallest absolute Gasteiger partial charge is 0.336 e. The maximum absolute atomic E-state index is 12.6. The van der Waals surface area contributed by atoms with Crippen LogP contribution in [0, 0.1) is 0 Å². The van der Waals surface area contributed by atoms with E-state index in [9.17, 15) is 24.3 Å². The van der Waals surface area contributed by atoms with Gasteiger partial charge in [-0.2, -0.15) is 0 Å². The number of benzene rings is 3. The highest BCUT2D eigenvalue weighted by molar-refractivity contribution is 8.00. The number of rotatable bonds is 8. The summed E-state index contributed by atoms with van der Waals surface area (Å²) in [4.78, 5) is 48.2. The second-order valence-electron chi connectivity index (χ2n) is 6.81. The van der Waals surface area contributed by atoms with Gasteiger partial charge in [-0.3, -0.25) is 9.59 Å². The summed E-state index contributed by atoms with van der Waals surface area (Å²) in [5, 5.41) is 24.4. The number of carboxylic acids is 2. The monoisotopic (exact) mass is 518 g/mol. The number of anilines is 2. The zero-order chi connectivity index (χ0) is 24.8. The molecule has 3 aromatic carbocycles. The Morgan fingerprint density at radius 2 is 1.59 bits per heavy atom. The molecule has 4 N–H and O–H groups in total. The molecule has 0 unspecified atom stereocenters. The Morgan fingerprint density at radius 3 is 2.26 bits per heavy atom. The van der Waals surface area contributed by atoms with Crippen molar-refractivity contribution in [2.24, 2.45) is 0 Å². The fraction of sp³-hybridized carbons (Fsp3) is 0.0435. The summed E-state index contributed by atoms with van der Waals surface area (Å²) in [6, 6.07) is 14.6. The van der Waals surface area contributed by atoms with Crippen LogP contribution < -0.4 is 10.6 Å². The Balaban J connectivity index is 1.66. The summed E-state index contributed by atoms with van der Waals surface area (Å²) in [5.41, 5.74) is -0.0589. The number of nitrogens with one attached hydrogen (secondary N) is 2. The Bertz CT molecular complexity index is 1300. The number of hydrogen-bond donors (Lipinski definition) is 4. The molecule has 0 heterocycles. The molecule has 2 amide bonds. The number of amides is 2. The number of halogens is 2. The predicted octanol–water partition coefficient (Wildman–Crippen LogP) is 5.37. The quantitative estimate of drug-likeness (QED) is 0.294. The van der Waals surface area contributed by atoms with Gasteiger partial charge >= 0.3 is 11.9 Å². The van der Waals surface area contributed by atoms with Gasteiger partial charge in [0, 0.05) is 15.6 Å². The number of thioether (sulfide) groups is 1. The Morgan fingerprint density at radius 1 is 0.824 bits per heavy atom. The first kappa shape index (κ1) is 25.1. The molecule has 0 aliphatic carbocycles. The molecule has 0 saturated heterocycles. The second-order valence-corrected chi connectivity index (χ2v) is 8.71. The zero-order valence-corrected chi connectivity index (χ0v) is 19.5. The molecule has 8 nitrogen and oxygen atoms in total. The molecule has 0 spiro atoms. The summed E-state index contributed by atoms with van der Waals surface area (Å²) in [7, 11) is 0. The Hall–Kier alpha value is -3.53. The highest BCUT2D eigenvalue weighted by Gasteiger charge is 2.19. The van der Waals surface area contributed by atoms with Gasteiger partial charge in [0.1, 0.15) is 0 Å². The fourth-order valence-electron chi connectivity index (χ4n) is 2.84. The lowest BCUT2D eigenvalue weighted by Gasteiger charge is -2.10. The molecule has 0 saturated carbocycles. The van der Waals surface area contributed by atoms with Crippen LogP contribution in [0.2, 0.25) is 10.0 Å². The summed E-state index contributed by atoms with van der Waals surface area (Å²) in [6.45, 7) is 0. The summed E-state index contributed by atoms with van der Waals surface area (Å²) >= 11 is 13.1. The third kappa shape index (κ3) is 6.50. The van der Waals surface area contributed by atoms with Crippen molar-refractivity contribution in [1.29, 1.82) is 0 Å². The minimum atomic E-state index is -1.43. The summed E-state index contributed by atoms with van der Waals surface area (Å²) < 4.78 is 0. The van der Waals surface area contributed by atoms with Crippen molar-refractivity contribution in [2.75, 3.05) is 16.4 Å². The van der Waals surface area contributed by atoms with Crippen LogP contribution in [0.25, 0.3) is 0 Å². The Kier molecular flexibility index (Phi) is 8.17. The van der Waals surface area contributed by atoms with Crippen molar-refractivity contribution in [3.8, 4) is 0 Å². The van der Waals surface area contributed by atoms with E-state index in [-0.39, 0.29) is 22.8 Å². The van der Waals surface area contributed by atoms with Gasteiger partial charge in [-0.25, -0.2) is 9.59 Å². The van der Waals surface area contributed by atoms with E-state index in [2.05, 4.69) is 10.6 Å². The van der Waals surface area contributed by atoms with Crippen molar-refractivity contribution < 1.29 is 29.4 Å². The van der Waals surface area contributed by atoms with Crippen molar-refractivity contribution in [3.63, 3.8) is 0 Å². The SMILES string of the molecule is O=C(CSc1cccc(NC(=O)c2ccc(C(=O)O)cc2C(=O)O)c1)Nc1ccc(Cl)cc1Cl. The third-order valence-electron chi connectivity index (χ3n) is 4.41. The largest absolute Gasteiger partial charge is 0.478 e. The molecule has 3 rings (SSSR count). The summed E-state index contributed by atoms with van der Waals surface area (Å²) in [5.74, 6) is -3.68. The van der Waals surface area contributed by atoms with E-state index in [1.165, 1.54) is 17.8 Å². The van der Waals surface area contributed by atoms with Crippen molar-refractivity contribution in [3.05, 3.63) is 87.4 Å². The first-order chi connectivity index (χ1) is 16.1. The molecular weight excluding hydrogens is 503 g/mol. The molecule has 11 heteroatoms. The minimum Gasteiger partial charge on any atom is -0.478 e. The number of hydrogen-bond acceptors (Lipinski definition) is 5.